The van der Waals surface area contributed by atoms with E-state index in [2.05, 4.69) is 69.9 Å². The third kappa shape index (κ3) is 17.9. The van der Waals surface area contributed by atoms with Gasteiger partial charge in [0, 0.05) is 62.9 Å². The van der Waals surface area contributed by atoms with Gasteiger partial charge in [0.1, 0.15) is 80.6 Å². The first kappa shape index (κ1) is 80.1. The van der Waals surface area contributed by atoms with E-state index in [1.807, 2.05) is 0 Å². The van der Waals surface area contributed by atoms with Crippen LogP contribution in [0.3, 0.4) is 0 Å². The first-order valence-electron chi connectivity index (χ1n) is 27.6. The average molecular weight is 1640 g/mol. The Morgan fingerprint density at radius 3 is 1.42 bits per heavy atom. The molecule has 0 spiro atoms. The fraction of sp³-hybridized carbons (Fsp3) is 0.0566. The number of ether oxygens (including phenoxy) is 1. The molecular weight excluding hydrogens is 1610 g/mol. The summed E-state index contributed by atoms with van der Waals surface area (Å²) in [5.41, 5.74) is -4.55. The van der Waals surface area contributed by atoms with Crippen LogP contribution in [-0.4, -0.2) is 143 Å². The number of nitro benzene ring substituents is 1. The van der Waals surface area contributed by atoms with Crippen molar-refractivity contribution in [2.75, 3.05) is 18.1 Å². The lowest BCUT2D eigenvalue weighted by Crippen LogP contribution is -2.04. The summed E-state index contributed by atoms with van der Waals surface area (Å²) < 4.78 is 233. The number of phenols is 3. The van der Waals surface area contributed by atoms with Crippen LogP contribution < -0.4 is 10.5 Å². The van der Waals surface area contributed by atoms with Crippen LogP contribution in [0, 0.1) is 10.1 Å². The highest BCUT2D eigenvalue weighted by atomic mass is 32.2. The van der Waals surface area contributed by atoms with Gasteiger partial charge in [-0.3, -0.25) is 37.4 Å². The maximum Gasteiger partial charge on any atom is 0.335 e. The van der Waals surface area contributed by atoms with Crippen molar-refractivity contribution in [1.82, 2.24) is 0 Å². The quantitative estimate of drug-likeness (QED) is 0.00303. The number of aromatic hydroxyl groups is 3. The van der Waals surface area contributed by atoms with Gasteiger partial charge < -0.3 is 36.0 Å². The molecule has 0 fully saturated rings. The molecular formula is C53H38N12O34S8. The van der Waals surface area contributed by atoms with E-state index in [1.165, 1.54) is 6.07 Å². The Hall–Kier alpha value is -11.0. The molecule has 0 aliphatic carbocycles. The number of anilines is 1. The number of nitrogen functional groups attached to an aromatic ring is 1. The number of nitro groups is 1. The van der Waals surface area contributed by atoms with Crippen molar-refractivity contribution in [3.05, 3.63) is 124 Å². The number of carbonyl (C=O) groups is 2. The van der Waals surface area contributed by atoms with Crippen LogP contribution in [0.2, 0.25) is 0 Å². The summed E-state index contributed by atoms with van der Waals surface area (Å²) in [4.78, 5) is 24.4. The zero-order chi connectivity index (χ0) is 78.8. The molecule has 9 aromatic rings. The minimum Gasteiger partial charge on any atom is -0.505 e. The van der Waals surface area contributed by atoms with Crippen molar-refractivity contribution in [3.8, 4) is 23.0 Å². The molecule has 0 bridgehead atoms. The third-order valence-electron chi connectivity index (χ3n) is 14.0. The molecule has 0 saturated heterocycles. The molecule has 562 valence electrons. The molecule has 0 aliphatic heterocycles. The summed E-state index contributed by atoms with van der Waals surface area (Å²) in [5, 5.41) is 122. The molecule has 0 aromatic heterocycles. The van der Waals surface area contributed by atoms with Gasteiger partial charge in [0.05, 0.1) is 62.0 Å². The predicted molar refractivity (Wildman–Crippen MR) is 359 cm³/mol. The Morgan fingerprint density at radius 2 is 0.925 bits per heavy atom. The van der Waals surface area contributed by atoms with Crippen LogP contribution in [0.25, 0.3) is 32.3 Å². The molecule has 0 saturated carbocycles. The molecule has 0 amide bonds. The van der Waals surface area contributed by atoms with Crippen molar-refractivity contribution >= 4 is 197 Å². The first-order valence-corrected chi connectivity index (χ1v) is 37.9. The van der Waals surface area contributed by atoms with Crippen molar-refractivity contribution in [1.29, 1.82) is 0 Å². The number of carboxylic acids is 2. The molecule has 0 aliphatic rings. The summed E-state index contributed by atoms with van der Waals surface area (Å²) in [5.74, 6) is -7.28. The van der Waals surface area contributed by atoms with E-state index in [4.69, 9.17) is 21.0 Å². The van der Waals surface area contributed by atoms with Gasteiger partial charge in [-0.25, -0.2) is 20.1 Å². The highest BCUT2D eigenvalue weighted by molar-refractivity contribution is 7.95. The number of rotatable bonds is 29. The number of phenolic OH excluding ortho intramolecular Hbond substituents is 3. The summed E-state index contributed by atoms with van der Waals surface area (Å²) in [7, 11) is -34.2. The number of non-ortho nitro benzene ring substituents is 1. The first-order chi connectivity index (χ1) is 49.9. The van der Waals surface area contributed by atoms with Gasteiger partial charge in [0.25, 0.3) is 66.4 Å². The molecule has 0 radical (unpaired) electrons. The van der Waals surface area contributed by atoms with Gasteiger partial charge in [-0.15, -0.1) is 49.6 Å². The van der Waals surface area contributed by atoms with Crippen LogP contribution in [0.5, 0.6) is 23.0 Å². The number of benzene rings is 9. The van der Waals surface area contributed by atoms with E-state index in [0.717, 1.165) is 36.4 Å². The lowest BCUT2D eigenvalue weighted by molar-refractivity contribution is -0.432. The SMILES string of the molecule is Nc1c(N=Nc2ccc3c(O)c(N=Nc4ccc5c(O)c(N=Nc6ccc(N=Nc7cc(C(=O)O)cc(C(=O)O)c7)cc6OCCCSOOO)c(S(=O)(=O)O)cc5c4S(=O)(=O)O)c(S(=O)(=O)O)cc3c2S(=O)(=O)O)cc(S(=O)(=O)O)c2cc(SOOO)c(N=Nc3ccc([N+](=O)[O-])cc3S(=O)(=O)O)c(O)c12. The Bertz CT molecular complexity index is 6140. The second-order valence-electron chi connectivity index (χ2n) is 20.6. The summed E-state index contributed by atoms with van der Waals surface area (Å²) in [6, 6.07) is 12.3. The van der Waals surface area contributed by atoms with Crippen LogP contribution in [0.4, 0.5) is 68.2 Å². The van der Waals surface area contributed by atoms with Crippen LogP contribution in [0.1, 0.15) is 27.1 Å². The monoisotopic (exact) mass is 1640 g/mol. The minimum atomic E-state index is -5.90. The van der Waals surface area contributed by atoms with Gasteiger partial charge in [-0.2, -0.15) is 60.7 Å². The predicted octanol–water partition coefficient (Wildman–Crippen LogP) is 12.0. The van der Waals surface area contributed by atoms with Gasteiger partial charge in [-0.1, -0.05) is 10.1 Å². The number of nitrogens with two attached hydrogens (primary N) is 1. The second-order valence-corrected chi connectivity index (χ2v) is 30.4. The number of fused-ring (bicyclic) bond motifs is 3. The molecule has 107 heavy (non-hydrogen) atoms. The number of carboxylic acid groups (broad SMARTS) is 2. The summed E-state index contributed by atoms with van der Waals surface area (Å²) >= 11 is 0.553. The number of hydrogen-bond donors (Lipinski definition) is 14. The van der Waals surface area contributed by atoms with E-state index in [9.17, 15) is 123 Å². The zero-order valence-electron chi connectivity index (χ0n) is 51.6. The Morgan fingerprint density at radius 1 is 0.458 bits per heavy atom. The lowest BCUT2D eigenvalue weighted by Gasteiger charge is -2.15. The standard InChI is InChI=1S/C53H38N12O34S8/c54-43-35(20-38(102(77,78)79)30-17-37(101-99-97-76)44(49(68)42(30)43)62-58-32-7-3-25(65(73)74)16-39(32)103(80,81)82)61-59-33-8-4-26-28(50(33)106(89,90)91)18-41(105(86,87)88)46(48(26)67)64-60-34-9-5-27-29(51(34)107(92,93)94)19-40(104(83,84)85)45(47(27)66)63-57-31-6-2-23(15-36(31)95-10-1-11-100-98-96-75)55-56-24-13-21(52(69)70)12-22(14-24)53(71)72/h2-9,12-20,66-68,75-76H,1,10-11,54H2,(H,69,70)(H,71,72)(H,77,78,79)(H,80,81,82)(H,83,84,85)(H,86,87,88)(H,89,90,91)(H,92,93,94). The van der Waals surface area contributed by atoms with Crippen molar-refractivity contribution in [2.24, 2.45) is 51.1 Å². The highest BCUT2D eigenvalue weighted by Gasteiger charge is 2.33. The average Bonchev–Trinajstić information content (AvgIpc) is 0.748. The van der Waals surface area contributed by atoms with E-state index < -0.39 is 224 Å². The van der Waals surface area contributed by atoms with E-state index in [-0.39, 0.29) is 59.7 Å². The molecule has 9 rings (SSSR count). The van der Waals surface area contributed by atoms with Gasteiger partial charge in [0.15, 0.2) is 17.2 Å². The highest BCUT2D eigenvalue weighted by Crippen LogP contribution is 2.52. The minimum absolute atomic E-state index is 0.0768. The number of hydrogen-bond acceptors (Lipinski definition) is 39. The van der Waals surface area contributed by atoms with E-state index in [0.29, 0.717) is 66.6 Å². The second kappa shape index (κ2) is 31.2. The largest absolute Gasteiger partial charge is 0.505 e. The number of aromatic carboxylic acids is 2. The smallest absolute Gasteiger partial charge is 0.335 e. The summed E-state index contributed by atoms with van der Waals surface area (Å²) in [6.45, 7) is -0.207. The van der Waals surface area contributed by atoms with Gasteiger partial charge in [-0.05, 0) is 91.3 Å². The van der Waals surface area contributed by atoms with Crippen molar-refractivity contribution < 1.29 is 152 Å². The number of nitrogens with zero attached hydrogens (tertiary/aromatic N) is 11. The zero-order valence-corrected chi connectivity index (χ0v) is 58.1. The van der Waals surface area contributed by atoms with Crippen molar-refractivity contribution in [3.63, 3.8) is 0 Å². The summed E-state index contributed by atoms with van der Waals surface area (Å²) in [6.07, 6.45) is 0.131. The number of azo groups is 5. The molecule has 15 N–H and O–H groups in total. The molecule has 0 heterocycles. The normalized spacial score (nSPS) is 12.9. The van der Waals surface area contributed by atoms with Crippen LogP contribution in [-0.2, 0) is 79.5 Å². The Labute approximate surface area is 602 Å². The topological polar surface area (TPSA) is 741 Å². The van der Waals surface area contributed by atoms with Crippen LogP contribution >= 0.6 is 24.1 Å². The fourth-order valence-corrected chi connectivity index (χ4v) is 14.7. The third-order valence-corrected chi connectivity index (χ3v) is 20.6. The van der Waals surface area contributed by atoms with Crippen molar-refractivity contribution in [2.45, 2.75) is 40.7 Å². The lowest BCUT2D eigenvalue weighted by atomic mass is 10.0. The molecule has 9 aromatic carbocycles. The Kier molecular flexibility index (Phi) is 23.4. The van der Waals surface area contributed by atoms with Crippen LogP contribution in [0.15, 0.2) is 189 Å². The van der Waals surface area contributed by atoms with E-state index >= 15 is 0 Å². The fourth-order valence-electron chi connectivity index (χ4n) is 9.54. The molecule has 0 unspecified atom stereocenters. The maximum absolute atomic E-state index is 13.3. The Balaban J connectivity index is 1.14. The molecule has 46 nitrogen and oxygen atoms in total. The van der Waals surface area contributed by atoms with E-state index in [1.54, 1.807) is 0 Å². The molecule has 54 heteroatoms. The molecule has 0 atom stereocenters. The maximum atomic E-state index is 13.3. The van der Waals surface area contributed by atoms with Gasteiger partial charge >= 0.3 is 11.9 Å². The van der Waals surface area contributed by atoms with Gasteiger partial charge in [0.2, 0.25) is 0 Å².